The number of aryl methyl sites for hydroxylation is 2. The number of hydrogen-bond donors (Lipinski definition) is 4. The number of aliphatic hydroxyl groups excluding tert-OH is 1. The molecule has 1 unspecified atom stereocenters. The average molecular weight is 1030 g/mol. The van der Waals surface area contributed by atoms with Crippen LogP contribution in [0.15, 0.2) is 24.5 Å². The first-order valence-corrected chi connectivity index (χ1v) is 29.9. The number of nitrogens with one attached hydrogen (secondary N) is 2. The van der Waals surface area contributed by atoms with Crippen LogP contribution in [0.3, 0.4) is 0 Å². The van der Waals surface area contributed by atoms with E-state index in [-0.39, 0.29) is 29.9 Å². The number of aromatic nitrogens is 2. The molecule has 0 saturated carbocycles. The predicted octanol–water partition coefficient (Wildman–Crippen LogP) is 14.1. The number of ether oxygens (including phenoxy) is 2. The molecule has 2 aromatic rings. The van der Waals surface area contributed by atoms with Gasteiger partial charge in [-0.1, -0.05) is 162 Å². The van der Waals surface area contributed by atoms with Crippen LogP contribution in [0, 0.1) is 0 Å². The molecule has 0 aliphatic rings. The third-order valence-electron chi connectivity index (χ3n) is 14.3. The molecule has 2 rings (SSSR count). The normalized spacial score (nSPS) is 11.9. The number of unbranched alkanes of at least 4 members (excludes halogenated alkanes) is 25. The molecule has 420 valence electrons. The third-order valence-corrected chi connectivity index (χ3v) is 14.3. The number of aliphatic hydroxyl groups is 1. The monoisotopic (exact) mass is 1020 g/mol. The van der Waals surface area contributed by atoms with Crippen molar-refractivity contribution in [3.63, 3.8) is 0 Å². The lowest BCUT2D eigenvalue weighted by Crippen LogP contribution is -2.34. The van der Waals surface area contributed by atoms with Gasteiger partial charge in [-0.15, -0.1) is 0 Å². The summed E-state index contributed by atoms with van der Waals surface area (Å²) in [5.41, 5.74) is 7.72. The smallest absolute Gasteiger partial charge is 0.306 e. The molecule has 13 heteroatoms. The van der Waals surface area contributed by atoms with E-state index >= 15 is 0 Å². The number of nitrogens with zero attached hydrogens (tertiary/aromatic N) is 3. The van der Waals surface area contributed by atoms with Crippen LogP contribution in [0.1, 0.15) is 273 Å². The summed E-state index contributed by atoms with van der Waals surface area (Å²) in [6.07, 6.45) is 42.0. The van der Waals surface area contributed by atoms with Crippen molar-refractivity contribution in [3.8, 4) is 0 Å². The summed E-state index contributed by atoms with van der Waals surface area (Å²) < 4.78 is 15.0. The number of amides is 2. The molecule has 2 aromatic heterocycles. The first-order chi connectivity index (χ1) is 35.5. The van der Waals surface area contributed by atoms with Crippen LogP contribution in [-0.4, -0.2) is 87.9 Å². The van der Waals surface area contributed by atoms with E-state index < -0.39 is 6.10 Å². The Labute approximate surface area is 444 Å². The summed E-state index contributed by atoms with van der Waals surface area (Å²) in [5, 5.41) is 17.0. The van der Waals surface area contributed by atoms with E-state index in [0.717, 1.165) is 116 Å². The van der Waals surface area contributed by atoms with Gasteiger partial charge in [-0.05, 0) is 102 Å². The Kier molecular flexibility index (Phi) is 38.8. The Bertz CT molecular complexity index is 1690. The van der Waals surface area contributed by atoms with Crippen molar-refractivity contribution in [1.82, 2.24) is 19.4 Å². The van der Waals surface area contributed by atoms with Gasteiger partial charge in [0.25, 0.3) is 11.8 Å². The first-order valence-electron chi connectivity index (χ1n) is 29.9. The van der Waals surface area contributed by atoms with Crippen molar-refractivity contribution in [1.29, 1.82) is 0 Å². The highest BCUT2D eigenvalue weighted by molar-refractivity contribution is 6.04. The van der Waals surface area contributed by atoms with E-state index in [1.807, 2.05) is 0 Å². The highest BCUT2D eigenvalue weighted by Crippen LogP contribution is 2.20. The summed E-state index contributed by atoms with van der Waals surface area (Å²) in [6, 6.07) is 3.27. The predicted molar refractivity (Wildman–Crippen MR) is 302 cm³/mol. The minimum absolute atomic E-state index is 0.0282. The topological polar surface area (TPSA) is 170 Å². The summed E-state index contributed by atoms with van der Waals surface area (Å²) in [7, 11) is 3.52. The third kappa shape index (κ3) is 33.7. The fourth-order valence-electron chi connectivity index (χ4n) is 9.75. The Morgan fingerprint density at radius 2 is 1.03 bits per heavy atom. The molecule has 2 heterocycles. The van der Waals surface area contributed by atoms with Crippen molar-refractivity contribution >= 4 is 35.1 Å². The van der Waals surface area contributed by atoms with Crippen molar-refractivity contribution in [2.45, 2.75) is 264 Å². The Hall–Kier alpha value is -3.84. The number of esters is 2. The largest absolute Gasteiger partial charge is 0.466 e. The van der Waals surface area contributed by atoms with Crippen molar-refractivity contribution in [3.05, 3.63) is 35.9 Å². The second-order valence-electron chi connectivity index (χ2n) is 21.3. The lowest BCUT2D eigenvalue weighted by Gasteiger charge is -2.25. The minimum Gasteiger partial charge on any atom is -0.466 e. The van der Waals surface area contributed by atoms with Crippen molar-refractivity contribution < 1.29 is 33.8 Å². The molecule has 0 spiro atoms. The summed E-state index contributed by atoms with van der Waals surface area (Å²) in [4.78, 5) is 53.6. The summed E-state index contributed by atoms with van der Waals surface area (Å²) >= 11 is 0. The summed E-state index contributed by atoms with van der Waals surface area (Å²) in [5.74, 6) is -0.656. The number of hydrogen-bond acceptors (Lipinski definition) is 9. The first kappa shape index (κ1) is 65.3. The van der Waals surface area contributed by atoms with Gasteiger partial charge in [0.15, 0.2) is 0 Å². The van der Waals surface area contributed by atoms with Crippen molar-refractivity contribution in [2.75, 3.05) is 43.8 Å². The molecule has 0 radical (unpaired) electrons. The van der Waals surface area contributed by atoms with Gasteiger partial charge in [-0.2, -0.15) is 0 Å². The van der Waals surface area contributed by atoms with Crippen LogP contribution in [0.25, 0.3) is 0 Å². The van der Waals surface area contributed by atoms with Crippen molar-refractivity contribution in [2.24, 2.45) is 14.1 Å². The number of anilines is 2. The van der Waals surface area contributed by atoms with E-state index in [0.29, 0.717) is 61.7 Å². The highest BCUT2D eigenvalue weighted by atomic mass is 16.5. The Morgan fingerprint density at radius 3 is 1.59 bits per heavy atom. The van der Waals surface area contributed by atoms with Gasteiger partial charge in [-0.3, -0.25) is 19.2 Å². The maximum Gasteiger partial charge on any atom is 0.306 e. The molecule has 0 fully saturated rings. The fourth-order valence-corrected chi connectivity index (χ4v) is 9.75. The molecule has 1 atom stereocenters. The van der Waals surface area contributed by atoms with Gasteiger partial charge in [0.2, 0.25) is 0 Å². The Balaban J connectivity index is 1.77. The van der Waals surface area contributed by atoms with Crippen LogP contribution in [-0.2, 0) is 33.2 Å². The quantitative estimate of drug-likeness (QED) is 0.0372. The number of rotatable bonds is 49. The lowest BCUT2D eigenvalue weighted by molar-refractivity contribution is -0.150. The maximum absolute atomic E-state index is 13.1. The molecule has 0 aliphatic carbocycles. The zero-order valence-electron chi connectivity index (χ0n) is 47.3. The molecular formula is C60H108N6O7. The number of carbonyl (C=O) groups excluding carboxylic acids is 4. The molecule has 0 saturated heterocycles. The van der Waals surface area contributed by atoms with E-state index in [4.69, 9.17) is 15.2 Å². The van der Waals surface area contributed by atoms with Gasteiger partial charge in [0.1, 0.15) is 17.5 Å². The fraction of sp³-hybridized carbons (Fsp3) is 0.800. The zero-order chi connectivity index (χ0) is 53.2. The minimum atomic E-state index is -0.484. The van der Waals surface area contributed by atoms with Gasteiger partial charge >= 0.3 is 11.9 Å². The van der Waals surface area contributed by atoms with Gasteiger partial charge in [-0.25, -0.2) is 0 Å². The molecular weight excluding hydrogens is 917 g/mol. The van der Waals surface area contributed by atoms with Crippen LogP contribution in [0.2, 0.25) is 0 Å². The maximum atomic E-state index is 13.1. The van der Waals surface area contributed by atoms with E-state index in [1.54, 1.807) is 47.8 Å². The molecule has 0 bridgehead atoms. The molecule has 5 N–H and O–H groups in total. The van der Waals surface area contributed by atoms with E-state index in [2.05, 4.69) is 36.3 Å². The molecule has 0 aliphatic heterocycles. The van der Waals surface area contributed by atoms with Crippen LogP contribution in [0.4, 0.5) is 11.4 Å². The van der Waals surface area contributed by atoms with E-state index in [1.165, 1.54) is 109 Å². The zero-order valence-corrected chi connectivity index (χ0v) is 47.3. The van der Waals surface area contributed by atoms with Gasteiger partial charge < -0.3 is 45.0 Å². The number of nitrogens with two attached hydrogens (primary N) is 1. The summed E-state index contributed by atoms with van der Waals surface area (Å²) in [6.45, 7) is 10.1. The number of carbonyl (C=O) groups is 4. The van der Waals surface area contributed by atoms with Gasteiger partial charge in [0.05, 0.1) is 24.1 Å². The van der Waals surface area contributed by atoms with Gasteiger partial charge in [0, 0.05) is 52.4 Å². The highest BCUT2D eigenvalue weighted by Gasteiger charge is 2.18. The molecule has 13 nitrogen and oxygen atoms in total. The average Bonchev–Trinajstić information content (AvgIpc) is 3.91. The molecule has 2 amide bonds. The SMILES string of the molecule is CCCCCCCCCCCOC(=O)CCCCCN(CCCCCCCC(=O)OC(CCCCCCCC)CCCCCCCC)CC(O)CCCCNC(=O)c1cc(NC(=O)c2cc(N)cn2C)cn1C. The van der Waals surface area contributed by atoms with Crippen LogP contribution >= 0.6 is 0 Å². The lowest BCUT2D eigenvalue weighted by atomic mass is 10.0. The standard InChI is InChI=1S/C60H108N6O7/c1-6-9-12-15-18-19-20-26-36-45-72-57(68)40-31-27-35-44-66(43-34-25-21-24-30-41-58(69)73-54(38-28-22-16-13-10-7-2)39-29-23-17-14-11-8-3)50-53(67)37-32-33-42-62-59(70)56-47-52(49-65(56)5)63-60(71)55-46-51(61)48-64(55)4/h46-49,53-54,67H,6-45,50,61H2,1-5H3,(H,62,70)(H,63,71). The second-order valence-corrected chi connectivity index (χ2v) is 21.3. The second kappa shape index (κ2) is 43.4. The van der Waals surface area contributed by atoms with Crippen LogP contribution in [0.5, 0.6) is 0 Å². The Morgan fingerprint density at radius 1 is 0.562 bits per heavy atom. The van der Waals surface area contributed by atoms with E-state index in [9.17, 15) is 24.3 Å². The van der Waals surface area contributed by atoms with Crippen LogP contribution < -0.4 is 16.4 Å². The molecule has 73 heavy (non-hydrogen) atoms. The molecule has 0 aromatic carbocycles. The number of nitrogen functional groups attached to an aromatic ring is 1.